The van der Waals surface area contributed by atoms with E-state index in [1.54, 1.807) is 6.92 Å². The lowest BCUT2D eigenvalue weighted by Crippen LogP contribution is -2.49. The standard InChI is InChI=1S/C23H27N3O3/c1-3-19-10-6-7-13-25(19)20(27)15-26-21(28)23(2,24-22(26)29)18-12-11-16-8-4-5-9-17(16)14-18/h4-5,8-9,11-12,14,19H,3,6-7,10,13,15H2,1-2H3,(H,24,29)/t19-,23-/m1/s1. The second kappa shape index (κ2) is 7.50. The molecule has 6 heteroatoms. The second-order valence-corrected chi connectivity index (χ2v) is 8.15. The molecule has 0 saturated carbocycles. The largest absolute Gasteiger partial charge is 0.338 e. The molecule has 2 aromatic carbocycles. The second-order valence-electron chi connectivity index (χ2n) is 8.15. The van der Waals surface area contributed by atoms with Crippen LogP contribution in [0.5, 0.6) is 0 Å². The van der Waals surface area contributed by atoms with Gasteiger partial charge in [0.1, 0.15) is 12.1 Å². The normalized spacial score (nSPS) is 24.8. The number of nitrogens with one attached hydrogen (secondary N) is 1. The molecule has 0 bridgehead atoms. The highest BCUT2D eigenvalue weighted by Gasteiger charge is 2.50. The topological polar surface area (TPSA) is 69.7 Å². The minimum atomic E-state index is -1.17. The minimum absolute atomic E-state index is 0.150. The Bertz CT molecular complexity index is 973. The number of amides is 4. The number of rotatable bonds is 4. The maximum atomic E-state index is 13.2. The number of carbonyl (C=O) groups is 3. The number of likely N-dealkylation sites (tertiary alicyclic amines) is 1. The Morgan fingerprint density at radius 2 is 1.90 bits per heavy atom. The molecular weight excluding hydrogens is 366 g/mol. The van der Waals surface area contributed by atoms with E-state index in [-0.39, 0.29) is 24.4 Å². The third-order valence-corrected chi connectivity index (χ3v) is 6.31. The zero-order valence-corrected chi connectivity index (χ0v) is 17.0. The number of urea groups is 1. The van der Waals surface area contributed by atoms with Crippen LogP contribution in [0.2, 0.25) is 0 Å². The van der Waals surface area contributed by atoms with Crippen LogP contribution >= 0.6 is 0 Å². The molecule has 2 heterocycles. The first kappa shape index (κ1) is 19.4. The van der Waals surface area contributed by atoms with Gasteiger partial charge in [-0.05, 0) is 55.0 Å². The molecule has 2 aliphatic rings. The number of nitrogens with zero attached hydrogens (tertiary/aromatic N) is 2. The van der Waals surface area contributed by atoms with Crippen LogP contribution in [-0.2, 0) is 15.1 Å². The lowest BCUT2D eigenvalue weighted by molar-refractivity contribution is -0.141. The fourth-order valence-corrected chi connectivity index (χ4v) is 4.52. The van der Waals surface area contributed by atoms with Crippen molar-refractivity contribution in [3.05, 3.63) is 48.0 Å². The molecular formula is C23H27N3O3. The molecule has 2 saturated heterocycles. The summed E-state index contributed by atoms with van der Waals surface area (Å²) in [6, 6.07) is 13.3. The van der Waals surface area contributed by atoms with Crippen molar-refractivity contribution in [2.45, 2.75) is 51.1 Å². The van der Waals surface area contributed by atoms with Crippen LogP contribution in [0.15, 0.2) is 42.5 Å². The fourth-order valence-electron chi connectivity index (χ4n) is 4.52. The van der Waals surface area contributed by atoms with Crippen molar-refractivity contribution in [1.29, 1.82) is 0 Å². The Balaban J connectivity index is 1.56. The molecule has 0 aromatic heterocycles. The molecule has 4 amide bonds. The summed E-state index contributed by atoms with van der Waals surface area (Å²) in [5, 5.41) is 4.88. The van der Waals surface area contributed by atoms with Crippen molar-refractivity contribution in [1.82, 2.24) is 15.1 Å². The molecule has 2 atom stereocenters. The van der Waals surface area contributed by atoms with E-state index in [1.807, 2.05) is 47.4 Å². The molecule has 0 spiro atoms. The van der Waals surface area contributed by atoms with Crippen molar-refractivity contribution in [3.8, 4) is 0 Å². The van der Waals surface area contributed by atoms with Crippen molar-refractivity contribution in [2.24, 2.45) is 0 Å². The van der Waals surface area contributed by atoms with Crippen molar-refractivity contribution in [3.63, 3.8) is 0 Å². The van der Waals surface area contributed by atoms with Gasteiger partial charge >= 0.3 is 6.03 Å². The zero-order chi connectivity index (χ0) is 20.6. The molecule has 2 aliphatic heterocycles. The van der Waals surface area contributed by atoms with Crippen LogP contribution in [0.4, 0.5) is 4.79 Å². The number of carbonyl (C=O) groups excluding carboxylic acids is 3. The van der Waals surface area contributed by atoms with E-state index >= 15 is 0 Å². The SMILES string of the molecule is CC[C@@H]1CCCCN1C(=O)CN1C(=O)N[C@](C)(c2ccc3ccccc3c2)C1=O. The van der Waals surface area contributed by atoms with Gasteiger partial charge in [-0.3, -0.25) is 14.5 Å². The van der Waals surface area contributed by atoms with E-state index in [9.17, 15) is 14.4 Å². The monoisotopic (exact) mass is 393 g/mol. The molecule has 6 nitrogen and oxygen atoms in total. The fraction of sp³-hybridized carbons (Fsp3) is 0.435. The van der Waals surface area contributed by atoms with Crippen LogP contribution in [0.1, 0.15) is 45.1 Å². The summed E-state index contributed by atoms with van der Waals surface area (Å²) in [4.78, 5) is 41.6. The first-order valence-corrected chi connectivity index (χ1v) is 10.4. The number of hydrogen-bond acceptors (Lipinski definition) is 3. The van der Waals surface area contributed by atoms with E-state index in [0.29, 0.717) is 12.1 Å². The Morgan fingerprint density at radius 3 is 2.66 bits per heavy atom. The average Bonchev–Trinajstić information content (AvgIpc) is 2.97. The molecule has 0 aliphatic carbocycles. The molecule has 0 unspecified atom stereocenters. The summed E-state index contributed by atoms with van der Waals surface area (Å²) in [6.07, 6.45) is 3.96. The van der Waals surface area contributed by atoms with Gasteiger partial charge in [-0.1, -0.05) is 43.3 Å². The average molecular weight is 393 g/mol. The highest BCUT2D eigenvalue weighted by atomic mass is 16.2. The minimum Gasteiger partial charge on any atom is -0.338 e. The van der Waals surface area contributed by atoms with E-state index in [0.717, 1.165) is 41.4 Å². The molecule has 0 radical (unpaired) electrons. The predicted octanol–water partition coefficient (Wildman–Crippen LogP) is 3.40. The molecule has 2 fully saturated rings. The summed E-state index contributed by atoms with van der Waals surface area (Å²) in [7, 11) is 0. The Labute approximate surface area is 170 Å². The quantitative estimate of drug-likeness (QED) is 0.810. The summed E-state index contributed by atoms with van der Waals surface area (Å²) in [5.41, 5.74) is -0.457. The predicted molar refractivity (Wildman–Crippen MR) is 111 cm³/mol. The number of fused-ring (bicyclic) bond motifs is 1. The Kier molecular flexibility index (Phi) is 5.03. The van der Waals surface area contributed by atoms with Crippen LogP contribution in [-0.4, -0.2) is 46.8 Å². The van der Waals surface area contributed by atoms with Gasteiger partial charge in [0.25, 0.3) is 5.91 Å². The molecule has 29 heavy (non-hydrogen) atoms. The first-order chi connectivity index (χ1) is 13.9. The van der Waals surface area contributed by atoms with Gasteiger partial charge in [-0.15, -0.1) is 0 Å². The van der Waals surface area contributed by atoms with Crippen LogP contribution in [0.25, 0.3) is 10.8 Å². The Morgan fingerprint density at radius 1 is 1.14 bits per heavy atom. The van der Waals surface area contributed by atoms with Crippen LogP contribution in [0.3, 0.4) is 0 Å². The van der Waals surface area contributed by atoms with Gasteiger partial charge in [0.05, 0.1) is 0 Å². The number of benzene rings is 2. The number of imide groups is 1. The van der Waals surface area contributed by atoms with E-state index in [4.69, 9.17) is 0 Å². The number of hydrogen-bond donors (Lipinski definition) is 1. The van der Waals surface area contributed by atoms with Crippen LogP contribution in [0, 0.1) is 0 Å². The van der Waals surface area contributed by atoms with Gasteiger partial charge in [-0.25, -0.2) is 4.79 Å². The van der Waals surface area contributed by atoms with E-state index in [2.05, 4.69) is 12.2 Å². The van der Waals surface area contributed by atoms with Gasteiger partial charge in [-0.2, -0.15) is 0 Å². The highest BCUT2D eigenvalue weighted by molar-refractivity contribution is 6.09. The lowest BCUT2D eigenvalue weighted by atomic mass is 9.90. The maximum Gasteiger partial charge on any atom is 0.325 e. The maximum absolute atomic E-state index is 13.2. The van der Waals surface area contributed by atoms with Crippen molar-refractivity contribution < 1.29 is 14.4 Å². The lowest BCUT2D eigenvalue weighted by Gasteiger charge is -2.36. The van der Waals surface area contributed by atoms with Gasteiger partial charge in [0.15, 0.2) is 0 Å². The molecule has 2 aromatic rings. The van der Waals surface area contributed by atoms with Crippen LogP contribution < -0.4 is 5.32 Å². The van der Waals surface area contributed by atoms with Crippen molar-refractivity contribution >= 4 is 28.6 Å². The Hall–Kier alpha value is -2.89. The number of piperidine rings is 1. The molecule has 1 N–H and O–H groups in total. The van der Waals surface area contributed by atoms with Gasteiger partial charge < -0.3 is 10.2 Å². The summed E-state index contributed by atoms with van der Waals surface area (Å²) >= 11 is 0. The zero-order valence-electron chi connectivity index (χ0n) is 17.0. The summed E-state index contributed by atoms with van der Waals surface area (Å²) < 4.78 is 0. The first-order valence-electron chi connectivity index (χ1n) is 10.4. The van der Waals surface area contributed by atoms with E-state index < -0.39 is 11.6 Å². The highest BCUT2D eigenvalue weighted by Crippen LogP contribution is 2.31. The van der Waals surface area contributed by atoms with Gasteiger partial charge in [0, 0.05) is 12.6 Å². The summed E-state index contributed by atoms with van der Waals surface area (Å²) in [5.74, 6) is -0.529. The van der Waals surface area contributed by atoms with E-state index in [1.165, 1.54) is 0 Å². The summed E-state index contributed by atoms with van der Waals surface area (Å²) in [6.45, 7) is 4.27. The van der Waals surface area contributed by atoms with Crippen molar-refractivity contribution in [2.75, 3.05) is 13.1 Å². The molecule has 152 valence electrons. The van der Waals surface area contributed by atoms with Gasteiger partial charge in [0.2, 0.25) is 5.91 Å². The third kappa shape index (κ3) is 3.37. The third-order valence-electron chi connectivity index (χ3n) is 6.31. The molecule has 4 rings (SSSR count). The smallest absolute Gasteiger partial charge is 0.325 e.